The molecule has 4 heteroatoms. The first-order chi connectivity index (χ1) is 30.0. The molecular weight excluding hydrogens is 773 g/mol. The van der Waals surface area contributed by atoms with Crippen molar-refractivity contribution < 1.29 is 19.7 Å². The first kappa shape index (κ1) is 59.4. The molecule has 0 aliphatic rings. The van der Waals surface area contributed by atoms with Crippen LogP contribution in [0, 0.1) is 66.1 Å². The van der Waals surface area contributed by atoms with Crippen molar-refractivity contribution in [1.82, 2.24) is 0 Å². The number of hydrogen-bond donors (Lipinski definition) is 2. The Morgan fingerprint density at radius 3 is 0.746 bits per heavy atom. The van der Waals surface area contributed by atoms with E-state index in [0.29, 0.717) is 11.5 Å². The molecule has 0 bridgehead atoms. The lowest BCUT2D eigenvalue weighted by atomic mass is 9.88. The lowest BCUT2D eigenvalue weighted by Gasteiger charge is -2.19. The second kappa shape index (κ2) is 35.6. The second-order valence-electron chi connectivity index (χ2n) is 23.1. The summed E-state index contributed by atoms with van der Waals surface area (Å²) in [4.78, 5) is 0. The van der Waals surface area contributed by atoms with Gasteiger partial charge in [-0.15, -0.1) is 0 Å². The van der Waals surface area contributed by atoms with Crippen molar-refractivity contribution in [2.75, 3.05) is 14.2 Å². The molecule has 0 fully saturated rings. The van der Waals surface area contributed by atoms with Crippen LogP contribution < -0.4 is 9.47 Å². The highest BCUT2D eigenvalue weighted by atomic mass is 16.5. The molecule has 0 saturated heterocycles. The molecule has 63 heavy (non-hydrogen) atoms. The average Bonchev–Trinajstić information content (AvgIpc) is 3.21. The Kier molecular flexibility index (Phi) is 33.6. The van der Waals surface area contributed by atoms with Gasteiger partial charge >= 0.3 is 0 Å². The van der Waals surface area contributed by atoms with Gasteiger partial charge in [0.05, 0.1) is 14.2 Å². The molecule has 1 rings (SSSR count). The largest absolute Gasteiger partial charge is 0.504 e. The number of phenolic OH excluding ortho intramolecular Hbond substituents is 2. The molecule has 0 aromatic heterocycles. The van der Waals surface area contributed by atoms with Crippen molar-refractivity contribution >= 4 is 0 Å². The van der Waals surface area contributed by atoms with Crippen molar-refractivity contribution in [2.24, 2.45) is 59.2 Å². The summed E-state index contributed by atoms with van der Waals surface area (Å²) >= 11 is 0. The molecule has 0 amide bonds. The van der Waals surface area contributed by atoms with Crippen LogP contribution in [0.15, 0.2) is 0 Å². The van der Waals surface area contributed by atoms with E-state index in [1.165, 1.54) is 188 Å². The summed E-state index contributed by atoms with van der Waals surface area (Å²) in [6.07, 6.45) is 39.5. The summed E-state index contributed by atoms with van der Waals surface area (Å²) in [5, 5.41) is 21.4. The van der Waals surface area contributed by atoms with Gasteiger partial charge in [-0.2, -0.15) is 0 Å². The molecule has 1 aromatic carbocycles. The quantitative estimate of drug-likeness (QED) is 0.0643. The van der Waals surface area contributed by atoms with Gasteiger partial charge in [0.15, 0.2) is 11.5 Å². The van der Waals surface area contributed by atoms with Gasteiger partial charge in [-0.25, -0.2) is 0 Å². The lowest BCUT2D eigenvalue weighted by Crippen LogP contribution is -2.04. The van der Waals surface area contributed by atoms with Crippen molar-refractivity contribution in [2.45, 2.75) is 269 Å². The van der Waals surface area contributed by atoms with Crippen LogP contribution in [0.2, 0.25) is 0 Å². The minimum atomic E-state index is 0.0584. The Balaban J connectivity index is 2.05. The van der Waals surface area contributed by atoms with Crippen LogP contribution in [0.25, 0.3) is 0 Å². The Morgan fingerprint density at radius 1 is 0.317 bits per heavy atom. The van der Waals surface area contributed by atoms with E-state index >= 15 is 0 Å². The predicted octanol–water partition coefficient (Wildman–Crippen LogP) is 19.3. The zero-order chi connectivity index (χ0) is 47.2. The van der Waals surface area contributed by atoms with E-state index in [4.69, 9.17) is 9.47 Å². The second-order valence-corrected chi connectivity index (χ2v) is 23.1. The van der Waals surface area contributed by atoms with E-state index in [1.54, 1.807) is 0 Å². The van der Waals surface area contributed by atoms with E-state index in [9.17, 15) is 10.2 Å². The zero-order valence-corrected chi connectivity index (χ0v) is 45.0. The molecule has 372 valence electrons. The molecule has 0 saturated carbocycles. The van der Waals surface area contributed by atoms with E-state index in [0.717, 1.165) is 71.7 Å². The summed E-state index contributed by atoms with van der Waals surface area (Å²) in [5.41, 5.74) is 1.44. The van der Waals surface area contributed by atoms with Crippen LogP contribution in [-0.4, -0.2) is 24.4 Å². The molecule has 0 heterocycles. The Labute approximate surface area is 395 Å². The Hall–Kier alpha value is -1.58. The SMILES string of the molecule is COc1c(O)c(C)c(CCC(C)CCCC(C)CCCC(C)CCCC(C)CCCC(C)CCCC(C)CCCC(C)CCCC(C)CCCC(C)CCCC(C)C)c(O)c1OC. The fourth-order valence-corrected chi connectivity index (χ4v) is 10.6. The van der Waals surface area contributed by atoms with Gasteiger partial charge in [0, 0.05) is 11.1 Å². The molecular formula is C59H112O4. The number of methoxy groups -OCH3 is 2. The maximum absolute atomic E-state index is 10.8. The normalized spacial score (nSPS) is 16.4. The van der Waals surface area contributed by atoms with Gasteiger partial charge in [-0.3, -0.25) is 0 Å². The van der Waals surface area contributed by atoms with Crippen LogP contribution in [0.5, 0.6) is 23.0 Å². The number of hydrogen-bond acceptors (Lipinski definition) is 4. The summed E-state index contributed by atoms with van der Waals surface area (Å²) in [5.74, 6) is 9.05. The third-order valence-corrected chi connectivity index (χ3v) is 15.7. The molecule has 1 aromatic rings. The predicted molar refractivity (Wildman–Crippen MR) is 278 cm³/mol. The number of rotatable bonds is 41. The summed E-state index contributed by atoms with van der Waals surface area (Å²) < 4.78 is 10.6. The first-order valence-electron chi connectivity index (χ1n) is 27.6. The van der Waals surface area contributed by atoms with Gasteiger partial charge in [0.1, 0.15) is 0 Å². The highest BCUT2D eigenvalue weighted by molar-refractivity contribution is 5.65. The smallest absolute Gasteiger partial charge is 0.207 e. The number of benzene rings is 1. The average molecular weight is 886 g/mol. The minimum absolute atomic E-state index is 0.0584. The van der Waals surface area contributed by atoms with Gasteiger partial charge in [-0.05, 0) is 78.9 Å². The van der Waals surface area contributed by atoms with E-state index in [-0.39, 0.29) is 23.0 Å². The van der Waals surface area contributed by atoms with E-state index in [2.05, 4.69) is 76.2 Å². The number of ether oxygens (including phenoxy) is 2. The van der Waals surface area contributed by atoms with Crippen LogP contribution in [-0.2, 0) is 6.42 Å². The summed E-state index contributed by atoms with van der Waals surface area (Å²) in [6.45, 7) is 28.8. The topological polar surface area (TPSA) is 58.9 Å². The fourth-order valence-electron chi connectivity index (χ4n) is 10.6. The van der Waals surface area contributed by atoms with Crippen LogP contribution in [0.4, 0.5) is 0 Å². The van der Waals surface area contributed by atoms with E-state index < -0.39 is 0 Å². The van der Waals surface area contributed by atoms with Crippen molar-refractivity contribution in [3.05, 3.63) is 11.1 Å². The van der Waals surface area contributed by atoms with Crippen molar-refractivity contribution in [3.8, 4) is 23.0 Å². The van der Waals surface area contributed by atoms with Crippen LogP contribution >= 0.6 is 0 Å². The van der Waals surface area contributed by atoms with Crippen molar-refractivity contribution in [1.29, 1.82) is 0 Å². The highest BCUT2D eigenvalue weighted by Gasteiger charge is 2.23. The Bertz CT molecular complexity index is 1240. The third-order valence-electron chi connectivity index (χ3n) is 15.7. The Morgan fingerprint density at radius 2 is 0.524 bits per heavy atom. The molecule has 9 unspecified atom stereocenters. The fraction of sp³-hybridized carbons (Fsp3) is 0.898. The van der Waals surface area contributed by atoms with Crippen LogP contribution in [0.1, 0.15) is 267 Å². The molecule has 9 atom stereocenters. The minimum Gasteiger partial charge on any atom is -0.504 e. The zero-order valence-electron chi connectivity index (χ0n) is 45.0. The molecule has 0 aliphatic heterocycles. The van der Waals surface area contributed by atoms with Gasteiger partial charge < -0.3 is 19.7 Å². The van der Waals surface area contributed by atoms with Gasteiger partial charge in [0.2, 0.25) is 11.5 Å². The third kappa shape index (κ3) is 28.3. The summed E-state index contributed by atoms with van der Waals surface area (Å²) in [6, 6.07) is 0. The van der Waals surface area contributed by atoms with Gasteiger partial charge in [-0.1, -0.05) is 250 Å². The monoisotopic (exact) mass is 885 g/mol. The number of phenols is 2. The molecule has 0 radical (unpaired) electrons. The molecule has 4 nitrogen and oxygen atoms in total. The van der Waals surface area contributed by atoms with Crippen molar-refractivity contribution in [3.63, 3.8) is 0 Å². The van der Waals surface area contributed by atoms with Gasteiger partial charge in [0.25, 0.3) is 0 Å². The van der Waals surface area contributed by atoms with E-state index in [1.807, 2.05) is 6.92 Å². The van der Waals surface area contributed by atoms with Crippen LogP contribution in [0.3, 0.4) is 0 Å². The molecule has 0 spiro atoms. The first-order valence-corrected chi connectivity index (χ1v) is 27.6. The summed E-state index contributed by atoms with van der Waals surface area (Å²) in [7, 11) is 2.97. The standard InChI is InChI=1S/C59H112O4/c1-44(2)24-15-25-45(3)26-16-27-46(4)28-17-29-47(5)30-18-31-48(6)32-19-33-49(7)34-20-35-50(8)36-21-37-51(9)38-22-39-52(10)40-23-41-53(11)42-43-55-54(12)56(60)58(62-13)59(63-14)57(55)61/h44-53,60-61H,15-43H2,1-14H3. The maximum atomic E-state index is 10.8. The molecule has 2 N–H and O–H groups in total. The number of aromatic hydroxyl groups is 2. The highest BCUT2D eigenvalue weighted by Crippen LogP contribution is 2.48. The maximum Gasteiger partial charge on any atom is 0.207 e. The molecule has 0 aliphatic carbocycles. The lowest BCUT2D eigenvalue weighted by molar-refractivity contribution is 0.313.